The van der Waals surface area contributed by atoms with E-state index >= 15 is 0 Å². The lowest BCUT2D eigenvalue weighted by molar-refractivity contribution is 0.440. The highest BCUT2D eigenvalue weighted by molar-refractivity contribution is 7.87. The first-order chi connectivity index (χ1) is 13.5. The van der Waals surface area contributed by atoms with Crippen molar-refractivity contribution in [3.05, 3.63) is 91.4 Å². The Labute approximate surface area is 186 Å². The third-order valence-corrected chi connectivity index (χ3v) is 6.87. The molecule has 10 heteroatoms. The summed E-state index contributed by atoms with van der Waals surface area (Å²) in [5, 5.41) is 20.2. The normalized spacial score (nSPS) is 13.8. The number of phenols is 2. The third-order valence-electron chi connectivity index (χ3n) is 4.35. The molecule has 0 aliphatic heterocycles. The second-order valence-corrected chi connectivity index (χ2v) is 9.36. The Morgan fingerprint density at radius 2 is 1.28 bits per heavy atom. The molecule has 0 radical (unpaired) electrons. The zero-order valence-electron chi connectivity index (χ0n) is 14.3. The van der Waals surface area contributed by atoms with Gasteiger partial charge in [0.05, 0.1) is 10.0 Å². The van der Waals surface area contributed by atoms with Gasteiger partial charge in [0.15, 0.2) is 4.75 Å². The topological polar surface area (TPSA) is 94.8 Å². The summed E-state index contributed by atoms with van der Waals surface area (Å²) < 4.78 is 34.0. The fourth-order valence-corrected chi connectivity index (χ4v) is 5.74. The van der Waals surface area contributed by atoms with Crippen LogP contribution in [0.25, 0.3) is 0 Å². The second kappa shape index (κ2) is 7.87. The van der Waals surface area contributed by atoms with E-state index in [2.05, 4.69) is 0 Å². The first kappa shape index (κ1) is 22.0. The largest absolute Gasteiger partial charge is 0.508 e. The Kier molecular flexibility index (Phi) is 5.98. The van der Waals surface area contributed by atoms with Crippen molar-refractivity contribution < 1.29 is 23.2 Å². The molecular formula is C19H12Cl4O5S. The van der Waals surface area contributed by atoms with Crippen LogP contribution in [0.4, 0.5) is 0 Å². The molecule has 0 aliphatic rings. The first-order valence-corrected chi connectivity index (χ1v) is 10.8. The second-order valence-electron chi connectivity index (χ2n) is 6.11. The molecule has 0 bridgehead atoms. The summed E-state index contributed by atoms with van der Waals surface area (Å²) in [6.45, 7) is 0. The minimum absolute atomic E-state index is 0.0172. The van der Waals surface area contributed by atoms with E-state index in [4.69, 9.17) is 46.4 Å². The average molecular weight is 494 g/mol. The highest BCUT2D eigenvalue weighted by atomic mass is 35.5. The van der Waals surface area contributed by atoms with Crippen LogP contribution in [0, 0.1) is 0 Å². The zero-order chi connectivity index (χ0) is 21.6. The molecule has 29 heavy (non-hydrogen) atoms. The number of phenolic OH excluding ortho intramolecular Hbond substituents is 2. The van der Waals surface area contributed by atoms with Gasteiger partial charge in [-0.1, -0.05) is 58.5 Å². The van der Waals surface area contributed by atoms with E-state index in [-0.39, 0.29) is 37.5 Å². The van der Waals surface area contributed by atoms with Gasteiger partial charge >= 0.3 is 0 Å². The van der Waals surface area contributed by atoms with Gasteiger partial charge in [-0.25, -0.2) is 0 Å². The van der Waals surface area contributed by atoms with E-state index < -0.39 is 20.6 Å². The molecule has 0 amide bonds. The zero-order valence-corrected chi connectivity index (χ0v) is 18.1. The molecule has 3 aromatic carbocycles. The fourth-order valence-electron chi connectivity index (χ4n) is 3.22. The van der Waals surface area contributed by atoms with Crippen molar-refractivity contribution in [2.45, 2.75) is 4.75 Å². The van der Waals surface area contributed by atoms with Gasteiger partial charge in [-0.3, -0.25) is 4.55 Å². The molecule has 0 saturated heterocycles. The van der Waals surface area contributed by atoms with Gasteiger partial charge in [-0.2, -0.15) is 8.42 Å². The molecule has 0 heterocycles. The predicted molar refractivity (Wildman–Crippen MR) is 114 cm³/mol. The van der Waals surface area contributed by atoms with E-state index in [1.807, 2.05) is 0 Å². The lowest BCUT2D eigenvalue weighted by atomic mass is 9.83. The van der Waals surface area contributed by atoms with Crippen LogP contribution in [-0.2, 0) is 14.9 Å². The number of hydrogen-bond acceptors (Lipinski definition) is 4. The fraction of sp³-hybridized carbons (Fsp3) is 0.0526. The molecule has 152 valence electrons. The molecule has 1 atom stereocenters. The number of benzene rings is 3. The Morgan fingerprint density at radius 3 is 1.79 bits per heavy atom. The molecule has 0 aliphatic carbocycles. The Hall–Kier alpha value is -1.67. The monoisotopic (exact) mass is 492 g/mol. The van der Waals surface area contributed by atoms with Crippen LogP contribution in [0.15, 0.2) is 54.6 Å². The summed E-state index contributed by atoms with van der Waals surface area (Å²) in [6, 6.07) is 11.3. The maximum Gasteiger partial charge on any atom is 0.283 e. The summed E-state index contributed by atoms with van der Waals surface area (Å²) >= 11 is 24.6. The molecule has 3 rings (SSSR count). The van der Waals surface area contributed by atoms with Gasteiger partial charge in [0, 0.05) is 21.2 Å². The minimum atomic E-state index is -5.11. The van der Waals surface area contributed by atoms with E-state index in [1.165, 1.54) is 42.5 Å². The number of rotatable bonds is 4. The summed E-state index contributed by atoms with van der Waals surface area (Å²) in [4.78, 5) is 0. The number of aromatic hydroxyl groups is 2. The lowest BCUT2D eigenvalue weighted by Crippen LogP contribution is -2.39. The molecule has 0 aromatic heterocycles. The molecule has 3 N–H and O–H groups in total. The van der Waals surface area contributed by atoms with Crippen molar-refractivity contribution in [3.8, 4) is 11.5 Å². The van der Waals surface area contributed by atoms with Crippen LogP contribution in [0.1, 0.15) is 16.7 Å². The molecule has 0 fully saturated rings. The summed E-state index contributed by atoms with van der Waals surface area (Å²) in [7, 11) is -5.11. The van der Waals surface area contributed by atoms with Crippen molar-refractivity contribution in [2.24, 2.45) is 0 Å². The van der Waals surface area contributed by atoms with Crippen LogP contribution in [0.3, 0.4) is 0 Å². The van der Waals surface area contributed by atoms with Gasteiger partial charge in [0.2, 0.25) is 0 Å². The van der Waals surface area contributed by atoms with Crippen LogP contribution in [-0.4, -0.2) is 23.2 Å². The van der Waals surface area contributed by atoms with Crippen molar-refractivity contribution >= 4 is 56.5 Å². The lowest BCUT2D eigenvalue weighted by Gasteiger charge is -2.34. The summed E-state index contributed by atoms with van der Waals surface area (Å²) in [6.07, 6.45) is 0. The average Bonchev–Trinajstić information content (AvgIpc) is 2.60. The quantitative estimate of drug-likeness (QED) is 0.311. The Morgan fingerprint density at radius 1 is 0.759 bits per heavy atom. The smallest absolute Gasteiger partial charge is 0.283 e. The van der Waals surface area contributed by atoms with Crippen LogP contribution in [0.2, 0.25) is 20.1 Å². The summed E-state index contributed by atoms with van der Waals surface area (Å²) in [5.41, 5.74) is -0.582. The Balaban J connectivity index is 2.63. The minimum Gasteiger partial charge on any atom is -0.508 e. The van der Waals surface area contributed by atoms with Crippen molar-refractivity contribution in [1.82, 2.24) is 0 Å². The van der Waals surface area contributed by atoms with Gasteiger partial charge in [0.25, 0.3) is 10.1 Å². The van der Waals surface area contributed by atoms with E-state index in [1.54, 1.807) is 0 Å². The van der Waals surface area contributed by atoms with E-state index in [0.717, 1.165) is 12.1 Å². The van der Waals surface area contributed by atoms with Crippen LogP contribution < -0.4 is 0 Å². The van der Waals surface area contributed by atoms with E-state index in [9.17, 15) is 23.2 Å². The van der Waals surface area contributed by atoms with Gasteiger partial charge in [0.1, 0.15) is 11.5 Å². The van der Waals surface area contributed by atoms with Gasteiger partial charge < -0.3 is 10.2 Å². The van der Waals surface area contributed by atoms with Crippen molar-refractivity contribution in [1.29, 1.82) is 0 Å². The van der Waals surface area contributed by atoms with Crippen LogP contribution >= 0.6 is 46.4 Å². The molecule has 3 aromatic rings. The molecule has 1 unspecified atom stereocenters. The maximum atomic E-state index is 13.0. The van der Waals surface area contributed by atoms with Crippen molar-refractivity contribution in [2.75, 3.05) is 0 Å². The summed E-state index contributed by atoms with van der Waals surface area (Å²) in [5.74, 6) is -0.804. The molecule has 0 saturated carbocycles. The van der Waals surface area contributed by atoms with E-state index in [0.29, 0.717) is 5.02 Å². The highest BCUT2D eigenvalue weighted by Gasteiger charge is 2.52. The Bertz CT molecular complexity index is 1170. The predicted octanol–water partition coefficient (Wildman–Crippen LogP) is 5.89. The standard InChI is InChI=1S/C19H12Cl4O5S/c20-11-3-1-10(2-4-11)19(29(26,27)28,14-7-12(21)5-6-17(14)25)18-15(22)8-13(24)9-16(18)23/h1-9,24-25H,(H,26,27,28). The van der Waals surface area contributed by atoms with Crippen molar-refractivity contribution in [3.63, 3.8) is 0 Å². The SMILES string of the molecule is O=S(=O)(O)C(c1ccc(Cl)cc1)(c1cc(Cl)ccc1O)c1c(Cl)cc(O)cc1Cl. The highest BCUT2D eigenvalue weighted by Crippen LogP contribution is 2.52. The number of hydrogen-bond donors (Lipinski definition) is 3. The van der Waals surface area contributed by atoms with Crippen LogP contribution in [0.5, 0.6) is 11.5 Å². The molecule has 0 spiro atoms. The molecular weight excluding hydrogens is 482 g/mol. The van der Waals surface area contributed by atoms with Gasteiger partial charge in [-0.05, 0) is 48.0 Å². The van der Waals surface area contributed by atoms with Gasteiger partial charge in [-0.15, -0.1) is 0 Å². The molecule has 5 nitrogen and oxygen atoms in total. The maximum absolute atomic E-state index is 13.0. The first-order valence-electron chi connectivity index (χ1n) is 7.89. The third kappa shape index (κ3) is 3.77. The number of halogens is 4.